The number of aromatic nitrogens is 6. The molecule has 19 N–H and O–H groups in total. The van der Waals surface area contributed by atoms with Gasteiger partial charge in [0.05, 0.1) is 44.5 Å². The van der Waals surface area contributed by atoms with Crippen molar-refractivity contribution in [2.24, 2.45) is 17.4 Å². The van der Waals surface area contributed by atoms with Crippen LogP contribution in [0.2, 0.25) is 0 Å². The first kappa shape index (κ1) is 101. The van der Waals surface area contributed by atoms with E-state index in [1.165, 1.54) is 65.1 Å². The Bertz CT molecular complexity index is 5160. The van der Waals surface area contributed by atoms with Crippen LogP contribution in [0, 0.1) is 5.92 Å². The minimum Gasteiger partial charge on any atom is -0.394 e. The number of nitrogens with one attached hydrogen (secondary N) is 14. The van der Waals surface area contributed by atoms with Gasteiger partial charge in [0.25, 0.3) is 0 Å². The van der Waals surface area contributed by atoms with Crippen molar-refractivity contribution in [2.75, 3.05) is 65.9 Å². The normalized spacial score (nSPS) is 23.7. The lowest BCUT2D eigenvalue weighted by Gasteiger charge is -2.36. The van der Waals surface area contributed by atoms with Gasteiger partial charge >= 0.3 is 0 Å². The third-order valence-electron chi connectivity index (χ3n) is 23.1. The Hall–Kier alpha value is -13.5. The number of H-pyrrole nitrogens is 4. The summed E-state index contributed by atoms with van der Waals surface area (Å²) in [5.41, 5.74) is 14.8. The van der Waals surface area contributed by atoms with Gasteiger partial charge in [-0.3, -0.25) is 81.5 Å². The number of hydrogen-bond acceptors (Lipinski definition) is 21. The standard InChI is InChI=1S/C89H121N23O18S/c1-10-12-28-70-83(124)101-63(37-56-42-93-49-98-56)81(122)107-69(78(119)96-43-74(91)115)46-131-47-76(117)100-65(33-52-22-15-14-16-23-52)86(127)109(7)51(5)77(118)103-67(38-73(90)114)88(129)112-31-21-30-71(112)84(125)102-62(36-55-41-92-48-97-55)80(121)104-64(32-50(3)4)85(126)108(6)44-75(116)99-61(34-53-39-94-59-26-19-17-24-57(53)59)79(120)106-68(45-113)82(123)105-66(35-54-40-95-60-27-20-18-25-58(54)60)87(128)111(9)72(29-13-11-2)89(130)110(70)8/h14-20,22-27,39-42,48-51,61-72,94-95,113H,10-13,21,28-38,43-47H2,1-9H3,(H2,90,114)(H2,91,115)(H,92,97)(H,93,98)(H,96,119)(H,99,116)(H,100,117)(H,101,124)(H,102,125)(H,103,118)(H,104,121)(H,105,123)(H,106,120)(H,107,122)/t51-,61-,62-,63-,64-,65-,66-,67-,68-,69-,70-,71-,72-/m0/s1. The number of aliphatic hydroxyl groups excluding tert-OH is 1. The number of imidazole rings is 2. The monoisotopic (exact) mass is 1830 g/mol. The topological polar surface area (TPSA) is 588 Å². The highest BCUT2D eigenvalue weighted by Crippen LogP contribution is 2.26. The molecule has 0 aliphatic carbocycles. The largest absolute Gasteiger partial charge is 0.394 e. The van der Waals surface area contributed by atoms with E-state index in [1.54, 1.807) is 105 Å². The van der Waals surface area contributed by atoms with Crippen molar-refractivity contribution >= 4 is 134 Å². The Labute approximate surface area is 761 Å². The second-order valence-corrected chi connectivity index (χ2v) is 34.5. The van der Waals surface area contributed by atoms with Crippen molar-refractivity contribution in [3.63, 3.8) is 0 Å². The summed E-state index contributed by atoms with van der Waals surface area (Å²) in [6.45, 7) is 5.98. The Balaban J connectivity index is 1.08. The van der Waals surface area contributed by atoms with Gasteiger partial charge in [-0.1, -0.05) is 120 Å². The van der Waals surface area contributed by atoms with Gasteiger partial charge < -0.3 is 114 Å². The van der Waals surface area contributed by atoms with E-state index in [1.807, 2.05) is 13.8 Å². The SMILES string of the molecule is CCCC[C@H]1C(=O)N(C)[C@@H](CCCC)C(=O)N[C@@H](Cc2cnc[nH]2)C(=O)N[C@H](C(=O)NCC(N)=O)CSCC(=O)N[C@@H](Cc2ccccc2)C(=O)N(C)[C@@H](C)C(=O)N[C@@H](CC(N)=O)C(=O)N2CCC[C@H]2C(=O)N[C@@H](Cc2cnc[nH]2)C(=O)N[C@@H](CC(C)C)C(=O)N(C)CC(=O)N[C@@H](Cc2c[nH]c3ccccc23)C(=O)N[C@@H](CO)C(=O)N[C@@H](Cc2c[nH]c3ccccc23)C(=O)N1C. The minimum absolute atomic E-state index is 0.00907. The van der Waals surface area contributed by atoms with Crippen LogP contribution in [0.15, 0.2) is 116 Å². The molecule has 2 saturated heterocycles. The van der Waals surface area contributed by atoms with Gasteiger partial charge in [0.2, 0.25) is 100 Å². The Morgan fingerprint density at radius 2 is 1.01 bits per heavy atom. The second kappa shape index (κ2) is 48.7. The first-order chi connectivity index (χ1) is 62.6. The summed E-state index contributed by atoms with van der Waals surface area (Å²) in [6.07, 6.45) is 8.69. The molecule has 0 bridgehead atoms. The number of hydrogen-bond donors (Lipinski definition) is 17. The van der Waals surface area contributed by atoms with E-state index in [0.717, 1.165) is 31.4 Å². The van der Waals surface area contributed by atoms with Crippen LogP contribution in [0.4, 0.5) is 0 Å². The number of aromatic amines is 4. The van der Waals surface area contributed by atoms with Crippen LogP contribution in [0.1, 0.15) is 127 Å². The van der Waals surface area contributed by atoms with Crippen LogP contribution in [0.5, 0.6) is 0 Å². The maximum Gasteiger partial charge on any atom is 0.246 e. The Morgan fingerprint density at radius 1 is 0.511 bits per heavy atom. The lowest BCUT2D eigenvalue weighted by atomic mass is 10.00. The smallest absolute Gasteiger partial charge is 0.246 e. The highest BCUT2D eigenvalue weighted by Gasteiger charge is 2.44. The molecule has 7 aromatic rings. The lowest BCUT2D eigenvalue weighted by Crippen LogP contribution is -2.61. The van der Waals surface area contributed by atoms with Gasteiger partial charge in [0, 0.05) is 131 Å². The number of nitrogens with zero attached hydrogens (tertiary/aromatic N) is 7. The van der Waals surface area contributed by atoms with Gasteiger partial charge in [0.15, 0.2) is 0 Å². The molecule has 41 nitrogen and oxygen atoms in total. The number of rotatable bonds is 24. The van der Waals surface area contributed by atoms with E-state index >= 15 is 24.0 Å². The first-order valence-corrected chi connectivity index (χ1v) is 44.9. The predicted molar refractivity (Wildman–Crippen MR) is 483 cm³/mol. The first-order valence-electron chi connectivity index (χ1n) is 43.8. The highest BCUT2D eigenvalue weighted by molar-refractivity contribution is 8.00. The highest BCUT2D eigenvalue weighted by atomic mass is 32.2. The zero-order chi connectivity index (χ0) is 95.3. The van der Waals surface area contributed by atoms with Crippen molar-refractivity contribution in [3.05, 3.63) is 144 Å². The van der Waals surface area contributed by atoms with E-state index in [-0.39, 0.29) is 76.7 Å². The quantitative estimate of drug-likeness (QED) is 0.0330. The third kappa shape index (κ3) is 28.5. The average molecular weight is 1830 g/mol. The van der Waals surface area contributed by atoms with Crippen LogP contribution in [0.25, 0.3) is 21.8 Å². The number of benzene rings is 3. The predicted octanol–water partition coefficient (Wildman–Crippen LogP) is -1.44. The number of carbonyl (C=O) groups excluding carboxylic acids is 17. The Kier molecular flexibility index (Phi) is 37.7. The molecular formula is C89H121N23O18S. The minimum atomic E-state index is -1.84. The summed E-state index contributed by atoms with van der Waals surface area (Å²) < 4.78 is 0. The molecule has 13 atom stereocenters. The number of thioether (sulfide) groups is 1. The summed E-state index contributed by atoms with van der Waals surface area (Å²) in [4.78, 5) is 274. The summed E-state index contributed by atoms with van der Waals surface area (Å²) in [6, 6.07) is 3.03. The number of likely N-dealkylation sites (N-methyl/N-ethyl adjacent to an activating group) is 4. The molecule has 4 aromatic heterocycles. The van der Waals surface area contributed by atoms with Crippen molar-refractivity contribution < 1.29 is 86.6 Å². The summed E-state index contributed by atoms with van der Waals surface area (Å²) in [7, 11) is 5.28. The number of unbranched alkanes of at least 4 members (excludes halogenated alkanes) is 2. The molecule has 0 radical (unpaired) electrons. The third-order valence-corrected chi connectivity index (χ3v) is 24.2. The molecule has 131 heavy (non-hydrogen) atoms. The van der Waals surface area contributed by atoms with Gasteiger partial charge in [-0.2, -0.15) is 0 Å². The van der Waals surface area contributed by atoms with Crippen molar-refractivity contribution in [3.8, 4) is 0 Å². The molecule has 706 valence electrons. The molecule has 17 amide bonds. The molecule has 2 aliphatic heterocycles. The maximum atomic E-state index is 15.7. The van der Waals surface area contributed by atoms with Crippen molar-refractivity contribution in [1.82, 2.24) is 108 Å². The Morgan fingerprint density at radius 3 is 1.57 bits per heavy atom. The molecule has 9 rings (SSSR count). The van der Waals surface area contributed by atoms with Gasteiger partial charge in [-0.25, -0.2) is 9.97 Å². The molecule has 0 saturated carbocycles. The van der Waals surface area contributed by atoms with E-state index in [2.05, 4.69) is 83.1 Å². The number of primary amides is 2. The number of nitrogens with two attached hydrogens (primary N) is 2. The molecule has 6 heterocycles. The van der Waals surface area contributed by atoms with E-state index in [4.69, 9.17) is 11.5 Å². The van der Waals surface area contributed by atoms with Crippen molar-refractivity contribution in [2.45, 2.75) is 209 Å². The van der Waals surface area contributed by atoms with Gasteiger partial charge in [0.1, 0.15) is 78.5 Å². The fourth-order valence-electron chi connectivity index (χ4n) is 15.8. The number of fused-ring (bicyclic) bond motifs is 3. The fourth-order valence-corrected chi connectivity index (χ4v) is 16.7. The molecule has 2 aliphatic rings. The summed E-state index contributed by atoms with van der Waals surface area (Å²) in [5, 5.41) is 39.1. The number of para-hydroxylation sites is 2. The molecule has 0 unspecified atom stereocenters. The fraction of sp³-hybridized carbons (Fsp3) is 0.494. The van der Waals surface area contributed by atoms with Gasteiger partial charge in [-0.15, -0.1) is 11.8 Å². The average Bonchev–Trinajstić information content (AvgIpc) is 1.73. The number of amides is 17. The molecular weight excluding hydrogens is 1710 g/mol. The number of aliphatic hydroxyl groups is 1. The zero-order valence-electron chi connectivity index (χ0n) is 75.0. The van der Waals surface area contributed by atoms with Crippen LogP contribution in [0.3, 0.4) is 0 Å². The van der Waals surface area contributed by atoms with E-state index in [9.17, 15) is 62.6 Å². The molecule has 3 aromatic carbocycles. The summed E-state index contributed by atoms with van der Waals surface area (Å²) >= 11 is 0.807. The number of carbonyl (C=O) groups is 17. The maximum absolute atomic E-state index is 15.7. The van der Waals surface area contributed by atoms with Crippen LogP contribution in [-0.4, -0.2) is 304 Å². The molecule has 0 spiro atoms. The van der Waals surface area contributed by atoms with Crippen LogP contribution in [-0.2, 0) is 114 Å². The van der Waals surface area contributed by atoms with Crippen LogP contribution < -0.4 is 64.6 Å². The second-order valence-electron chi connectivity index (χ2n) is 33.5. The van der Waals surface area contributed by atoms with E-state index < -0.39 is 217 Å². The summed E-state index contributed by atoms with van der Waals surface area (Å²) in [5.74, 6) is -16.6. The van der Waals surface area contributed by atoms with Crippen LogP contribution >= 0.6 is 11.8 Å². The van der Waals surface area contributed by atoms with E-state index in [0.29, 0.717) is 75.6 Å². The lowest BCUT2D eigenvalue weighted by molar-refractivity contribution is -0.149. The molecule has 2 fully saturated rings. The van der Waals surface area contributed by atoms with Gasteiger partial charge in [-0.05, 0) is 73.8 Å². The van der Waals surface area contributed by atoms with Crippen molar-refractivity contribution in [1.29, 1.82) is 0 Å². The zero-order valence-corrected chi connectivity index (χ0v) is 75.8. The molecule has 42 heteroatoms.